The lowest BCUT2D eigenvalue weighted by Crippen LogP contribution is -2.66. The first-order chi connectivity index (χ1) is 15.1. The first-order valence-corrected chi connectivity index (χ1v) is 10.6. The molecule has 5 rings (SSSR count). The minimum atomic E-state index is 0.0397. The van der Waals surface area contributed by atoms with Crippen molar-refractivity contribution in [1.29, 1.82) is 0 Å². The molecule has 3 aromatic rings. The lowest BCUT2D eigenvalue weighted by atomic mass is 9.77. The fourth-order valence-electron chi connectivity index (χ4n) is 4.35. The van der Waals surface area contributed by atoms with Gasteiger partial charge in [0.2, 0.25) is 0 Å². The van der Waals surface area contributed by atoms with Crippen molar-refractivity contribution in [3.8, 4) is 17.1 Å². The van der Waals surface area contributed by atoms with E-state index < -0.39 is 0 Å². The van der Waals surface area contributed by atoms with Crippen LogP contribution >= 0.6 is 0 Å². The number of rotatable bonds is 7. The van der Waals surface area contributed by atoms with Crippen molar-refractivity contribution in [3.05, 3.63) is 54.4 Å². The summed E-state index contributed by atoms with van der Waals surface area (Å²) in [4.78, 5) is 22.6. The zero-order valence-electron chi connectivity index (χ0n) is 17.8. The highest BCUT2D eigenvalue weighted by molar-refractivity contribution is 6.02. The monoisotopic (exact) mass is 418 g/mol. The number of pyridine rings is 1. The molecular formula is C24H26N4O3. The first kappa shape index (κ1) is 19.6. The maximum atomic E-state index is 12.6. The summed E-state index contributed by atoms with van der Waals surface area (Å²) in [5.41, 5.74) is 5.13. The molecule has 2 N–H and O–H groups in total. The molecule has 2 aliphatic rings. The number of methoxy groups -OCH3 is 1. The third kappa shape index (κ3) is 3.45. The number of carbonyl (C=O) groups is 1. The van der Waals surface area contributed by atoms with Crippen LogP contribution in [0, 0.1) is 5.41 Å². The van der Waals surface area contributed by atoms with Gasteiger partial charge < -0.3 is 24.7 Å². The topological polar surface area (TPSA) is 79.5 Å². The molecule has 31 heavy (non-hydrogen) atoms. The van der Waals surface area contributed by atoms with E-state index in [1.807, 2.05) is 43.5 Å². The van der Waals surface area contributed by atoms with Gasteiger partial charge in [-0.25, -0.2) is 0 Å². The Morgan fingerprint density at radius 1 is 1.26 bits per heavy atom. The van der Waals surface area contributed by atoms with Gasteiger partial charge >= 0.3 is 0 Å². The number of aromatic nitrogens is 2. The van der Waals surface area contributed by atoms with Gasteiger partial charge in [-0.1, -0.05) is 13.0 Å². The van der Waals surface area contributed by atoms with Crippen molar-refractivity contribution in [2.45, 2.75) is 13.3 Å². The molecule has 2 aromatic heterocycles. The largest absolute Gasteiger partial charge is 0.492 e. The maximum absolute atomic E-state index is 12.6. The van der Waals surface area contributed by atoms with Gasteiger partial charge in [0.15, 0.2) is 11.5 Å². The third-order valence-corrected chi connectivity index (χ3v) is 6.08. The summed E-state index contributed by atoms with van der Waals surface area (Å²) < 4.78 is 11.2. The highest BCUT2D eigenvalue weighted by Crippen LogP contribution is 2.46. The van der Waals surface area contributed by atoms with E-state index in [0.717, 1.165) is 60.5 Å². The number of hydrogen-bond donors (Lipinski definition) is 2. The SMILES string of the molecule is CCC(=O)c1cnc(-c2ccc[nH]2)cc1Nc1cccc(N2CC3(COC3)C2)c1OC. The van der Waals surface area contributed by atoms with E-state index in [9.17, 15) is 4.79 Å². The van der Waals surface area contributed by atoms with Crippen molar-refractivity contribution in [1.82, 2.24) is 9.97 Å². The number of carbonyl (C=O) groups excluding carboxylic acids is 1. The van der Waals surface area contributed by atoms with Crippen molar-refractivity contribution < 1.29 is 14.3 Å². The molecule has 1 aromatic carbocycles. The minimum absolute atomic E-state index is 0.0397. The number of anilines is 3. The summed E-state index contributed by atoms with van der Waals surface area (Å²) in [6.45, 7) is 5.48. The number of aromatic amines is 1. The molecule has 0 unspecified atom stereocenters. The van der Waals surface area contributed by atoms with E-state index in [2.05, 4.69) is 26.3 Å². The molecule has 0 atom stereocenters. The Morgan fingerprint density at radius 3 is 2.74 bits per heavy atom. The van der Waals surface area contributed by atoms with Gasteiger partial charge in [0.05, 0.1) is 59.8 Å². The van der Waals surface area contributed by atoms with Crippen molar-refractivity contribution in [3.63, 3.8) is 0 Å². The number of nitrogens with zero attached hydrogens (tertiary/aromatic N) is 2. The Balaban J connectivity index is 1.49. The van der Waals surface area contributed by atoms with Gasteiger partial charge in [-0.3, -0.25) is 9.78 Å². The molecule has 1 spiro atoms. The predicted octanol–water partition coefficient (Wildman–Crippen LogP) is 4.26. The second-order valence-corrected chi connectivity index (χ2v) is 8.31. The number of nitrogens with one attached hydrogen (secondary N) is 2. The Morgan fingerprint density at radius 2 is 2.10 bits per heavy atom. The molecule has 2 aliphatic heterocycles. The van der Waals surface area contributed by atoms with E-state index in [0.29, 0.717) is 17.4 Å². The molecule has 4 heterocycles. The van der Waals surface area contributed by atoms with E-state index in [1.165, 1.54) is 0 Å². The van der Waals surface area contributed by atoms with Crippen LogP contribution in [-0.4, -0.2) is 49.2 Å². The number of benzene rings is 1. The van der Waals surface area contributed by atoms with Crippen LogP contribution in [-0.2, 0) is 4.74 Å². The standard InChI is InChI=1S/C24H26N4O3/c1-3-22(29)16-11-26-20(17-7-5-9-25-17)10-19(16)27-18-6-4-8-21(23(18)30-2)28-12-24(13-28)14-31-15-24/h4-11,25H,3,12-15H2,1-2H3,(H,26,27). The third-order valence-electron chi connectivity index (χ3n) is 6.08. The molecule has 2 saturated heterocycles. The number of ether oxygens (including phenoxy) is 2. The molecule has 7 heteroatoms. The van der Waals surface area contributed by atoms with Crippen LogP contribution in [0.3, 0.4) is 0 Å². The zero-order chi connectivity index (χ0) is 21.4. The lowest BCUT2D eigenvalue weighted by molar-refractivity contribution is -0.127. The Hall–Kier alpha value is -3.32. The Kier molecular flexibility index (Phi) is 4.90. The van der Waals surface area contributed by atoms with E-state index >= 15 is 0 Å². The zero-order valence-corrected chi connectivity index (χ0v) is 17.8. The summed E-state index contributed by atoms with van der Waals surface area (Å²) in [7, 11) is 1.68. The molecular weight excluding hydrogens is 392 g/mol. The van der Waals surface area contributed by atoms with Crippen molar-refractivity contribution in [2.75, 3.05) is 43.6 Å². The van der Waals surface area contributed by atoms with Crippen molar-refractivity contribution in [2.24, 2.45) is 5.41 Å². The fourth-order valence-corrected chi connectivity index (χ4v) is 4.35. The number of para-hydroxylation sites is 1. The van der Waals surface area contributed by atoms with Crippen molar-refractivity contribution >= 4 is 22.8 Å². The maximum Gasteiger partial charge on any atom is 0.166 e. The lowest BCUT2D eigenvalue weighted by Gasteiger charge is -2.56. The summed E-state index contributed by atoms with van der Waals surface area (Å²) in [5, 5.41) is 3.45. The average Bonchev–Trinajstić information content (AvgIpc) is 3.26. The number of H-pyrrole nitrogens is 1. The number of hydrogen-bond acceptors (Lipinski definition) is 6. The molecule has 160 valence electrons. The predicted molar refractivity (Wildman–Crippen MR) is 120 cm³/mol. The van der Waals surface area contributed by atoms with Gasteiger partial charge in [0, 0.05) is 31.9 Å². The Labute approximate surface area is 181 Å². The number of ketones is 1. The van der Waals surface area contributed by atoms with E-state index in [1.54, 1.807) is 13.3 Å². The number of Topliss-reactive ketones (excluding diaryl/α,β-unsaturated/α-hetero) is 1. The summed E-state index contributed by atoms with van der Waals surface area (Å²) in [5.74, 6) is 0.809. The van der Waals surface area contributed by atoms with Crippen LogP contribution < -0.4 is 15.0 Å². The van der Waals surface area contributed by atoms with Gasteiger partial charge in [-0.05, 0) is 30.3 Å². The van der Waals surface area contributed by atoms with Crippen LogP contribution in [0.5, 0.6) is 5.75 Å². The molecule has 0 bridgehead atoms. The quantitative estimate of drug-likeness (QED) is 0.558. The molecule has 7 nitrogen and oxygen atoms in total. The summed E-state index contributed by atoms with van der Waals surface area (Å²) in [6, 6.07) is 11.8. The van der Waals surface area contributed by atoms with Crippen LogP contribution in [0.4, 0.5) is 17.1 Å². The second kappa shape index (κ2) is 7.74. The van der Waals surface area contributed by atoms with E-state index in [-0.39, 0.29) is 5.78 Å². The van der Waals surface area contributed by atoms with Crippen LogP contribution in [0.25, 0.3) is 11.4 Å². The van der Waals surface area contributed by atoms with Gasteiger partial charge in [0.1, 0.15) is 0 Å². The smallest absolute Gasteiger partial charge is 0.166 e. The molecule has 0 saturated carbocycles. The summed E-state index contributed by atoms with van der Waals surface area (Å²) in [6.07, 6.45) is 3.92. The van der Waals surface area contributed by atoms with Crippen LogP contribution in [0.15, 0.2) is 48.8 Å². The molecule has 0 radical (unpaired) electrons. The van der Waals surface area contributed by atoms with Gasteiger partial charge in [-0.2, -0.15) is 0 Å². The average molecular weight is 418 g/mol. The van der Waals surface area contributed by atoms with Gasteiger partial charge in [0.25, 0.3) is 0 Å². The molecule has 0 aliphatic carbocycles. The summed E-state index contributed by atoms with van der Waals surface area (Å²) >= 11 is 0. The Bertz CT molecular complexity index is 1100. The fraction of sp³-hybridized carbons (Fsp3) is 0.333. The normalized spacial score (nSPS) is 16.5. The molecule has 0 amide bonds. The first-order valence-electron chi connectivity index (χ1n) is 10.6. The minimum Gasteiger partial charge on any atom is -0.492 e. The highest BCUT2D eigenvalue weighted by atomic mass is 16.5. The van der Waals surface area contributed by atoms with E-state index in [4.69, 9.17) is 9.47 Å². The van der Waals surface area contributed by atoms with Crippen LogP contribution in [0.1, 0.15) is 23.7 Å². The highest BCUT2D eigenvalue weighted by Gasteiger charge is 2.49. The second-order valence-electron chi connectivity index (χ2n) is 8.31. The van der Waals surface area contributed by atoms with Gasteiger partial charge in [-0.15, -0.1) is 0 Å². The van der Waals surface area contributed by atoms with Crippen LogP contribution in [0.2, 0.25) is 0 Å². The molecule has 2 fully saturated rings.